The van der Waals surface area contributed by atoms with Gasteiger partial charge in [0.15, 0.2) is 0 Å². The van der Waals surface area contributed by atoms with Gasteiger partial charge in [0.25, 0.3) is 5.91 Å². The zero-order valence-electron chi connectivity index (χ0n) is 22.3. The molecule has 2 aromatic heterocycles. The van der Waals surface area contributed by atoms with E-state index in [9.17, 15) is 4.79 Å². The molecule has 7 rings (SSSR count). The standard InChI is InChI=1S/C31H34N6O/c1-19-4-8-25(37-17-23-6-7-24(18-37)34-23)14-27(19)30(38)35-31(10-11-31)28-12-21(22-15-32-36(3)16-22)13-29-26(28)9-5-20(2)33-29/h4-5,8-9,12-16,23-24,34H,6-7,10-11,17-18H2,1-3H3,(H,35,38). The fourth-order valence-electron chi connectivity index (χ4n) is 6.40. The number of anilines is 1. The van der Waals surface area contributed by atoms with Gasteiger partial charge < -0.3 is 15.5 Å². The predicted molar refractivity (Wildman–Crippen MR) is 150 cm³/mol. The van der Waals surface area contributed by atoms with Crippen LogP contribution in [0.25, 0.3) is 22.0 Å². The second-order valence-corrected chi connectivity index (χ2v) is 11.5. The lowest BCUT2D eigenvalue weighted by Crippen LogP contribution is -2.51. The molecule has 4 heterocycles. The van der Waals surface area contributed by atoms with Crippen molar-refractivity contribution in [2.24, 2.45) is 7.05 Å². The molecule has 2 unspecified atom stereocenters. The highest BCUT2D eigenvalue weighted by Crippen LogP contribution is 2.49. The van der Waals surface area contributed by atoms with E-state index in [0.717, 1.165) is 76.0 Å². The third-order valence-electron chi connectivity index (χ3n) is 8.65. The molecule has 2 aromatic carbocycles. The Labute approximate surface area is 223 Å². The molecular weight excluding hydrogens is 472 g/mol. The number of nitrogens with zero attached hydrogens (tertiary/aromatic N) is 4. The summed E-state index contributed by atoms with van der Waals surface area (Å²) in [5, 5.41) is 12.6. The van der Waals surface area contributed by atoms with Gasteiger partial charge in [-0.2, -0.15) is 5.10 Å². The number of pyridine rings is 1. The van der Waals surface area contributed by atoms with E-state index in [1.54, 1.807) is 0 Å². The van der Waals surface area contributed by atoms with Crippen molar-refractivity contribution in [3.05, 3.63) is 77.2 Å². The lowest BCUT2D eigenvalue weighted by Gasteiger charge is -2.35. The summed E-state index contributed by atoms with van der Waals surface area (Å²) in [6.45, 7) is 6.06. The van der Waals surface area contributed by atoms with Gasteiger partial charge >= 0.3 is 0 Å². The van der Waals surface area contributed by atoms with Crippen LogP contribution in [0.15, 0.2) is 54.9 Å². The minimum absolute atomic E-state index is 0.0000388. The molecule has 7 heteroatoms. The second-order valence-electron chi connectivity index (χ2n) is 11.5. The van der Waals surface area contributed by atoms with Gasteiger partial charge in [0, 0.05) is 66.3 Å². The first-order valence-electron chi connectivity index (χ1n) is 13.7. The number of benzene rings is 2. The van der Waals surface area contributed by atoms with Gasteiger partial charge in [-0.05, 0) is 86.6 Å². The number of aryl methyl sites for hydroxylation is 3. The van der Waals surface area contributed by atoms with Crippen molar-refractivity contribution in [1.29, 1.82) is 0 Å². The first kappa shape index (κ1) is 23.4. The summed E-state index contributed by atoms with van der Waals surface area (Å²) in [7, 11) is 1.93. The SMILES string of the molecule is Cc1ccc2c(C3(NC(=O)c4cc(N5CC6CCC(C5)N6)ccc4C)CC3)cc(-c3cnn(C)c3)cc2n1. The zero-order chi connectivity index (χ0) is 26.0. The maximum absolute atomic E-state index is 13.8. The first-order valence-corrected chi connectivity index (χ1v) is 13.7. The number of rotatable bonds is 5. The smallest absolute Gasteiger partial charge is 0.252 e. The number of hydrogen-bond acceptors (Lipinski definition) is 5. The van der Waals surface area contributed by atoms with Crippen LogP contribution in [0.5, 0.6) is 0 Å². The van der Waals surface area contributed by atoms with Crippen LogP contribution >= 0.6 is 0 Å². The Bertz CT molecular complexity index is 1560. The molecule has 1 aliphatic carbocycles. The summed E-state index contributed by atoms with van der Waals surface area (Å²) in [4.78, 5) is 21.1. The van der Waals surface area contributed by atoms with Crippen LogP contribution in [-0.4, -0.2) is 45.8 Å². The van der Waals surface area contributed by atoms with E-state index < -0.39 is 0 Å². The highest BCUT2D eigenvalue weighted by Gasteiger charge is 2.47. The summed E-state index contributed by atoms with van der Waals surface area (Å²) in [6.07, 6.45) is 8.22. The van der Waals surface area contributed by atoms with E-state index in [4.69, 9.17) is 4.98 Å². The average molecular weight is 507 g/mol. The molecule has 2 saturated heterocycles. The third kappa shape index (κ3) is 4.06. The van der Waals surface area contributed by atoms with Crippen molar-refractivity contribution in [3.8, 4) is 11.1 Å². The van der Waals surface area contributed by atoms with Gasteiger partial charge in [0.1, 0.15) is 0 Å². The van der Waals surface area contributed by atoms with Gasteiger partial charge in [-0.3, -0.25) is 14.5 Å². The van der Waals surface area contributed by atoms with Gasteiger partial charge in [0.05, 0.1) is 17.3 Å². The monoisotopic (exact) mass is 506 g/mol. The lowest BCUT2D eigenvalue weighted by molar-refractivity contribution is 0.0930. The molecule has 0 spiro atoms. The summed E-state index contributed by atoms with van der Waals surface area (Å²) in [5.41, 5.74) is 7.73. The number of fused-ring (bicyclic) bond motifs is 3. The van der Waals surface area contributed by atoms with Gasteiger partial charge in [-0.15, -0.1) is 0 Å². The number of carbonyl (C=O) groups is 1. The van der Waals surface area contributed by atoms with E-state index in [0.29, 0.717) is 12.1 Å². The van der Waals surface area contributed by atoms with Crippen molar-refractivity contribution in [2.75, 3.05) is 18.0 Å². The van der Waals surface area contributed by atoms with Crippen molar-refractivity contribution in [1.82, 2.24) is 25.4 Å². The first-order chi connectivity index (χ1) is 18.4. The van der Waals surface area contributed by atoms with Crippen molar-refractivity contribution in [2.45, 2.75) is 57.2 Å². The van der Waals surface area contributed by atoms with Crippen LogP contribution < -0.4 is 15.5 Å². The Balaban J connectivity index is 1.23. The number of nitrogens with one attached hydrogen (secondary N) is 2. The molecule has 38 heavy (non-hydrogen) atoms. The third-order valence-corrected chi connectivity index (χ3v) is 8.65. The Kier molecular flexibility index (Phi) is 5.34. The Hall–Kier alpha value is -3.71. The fourth-order valence-corrected chi connectivity index (χ4v) is 6.40. The minimum Gasteiger partial charge on any atom is -0.368 e. The maximum atomic E-state index is 13.8. The molecule has 1 amide bonds. The quantitative estimate of drug-likeness (QED) is 0.414. The van der Waals surface area contributed by atoms with Crippen LogP contribution in [0.1, 0.15) is 52.9 Å². The van der Waals surface area contributed by atoms with Crippen molar-refractivity contribution >= 4 is 22.5 Å². The van der Waals surface area contributed by atoms with E-state index in [-0.39, 0.29) is 11.4 Å². The maximum Gasteiger partial charge on any atom is 0.252 e. The molecule has 0 radical (unpaired) electrons. The number of carbonyl (C=O) groups excluding carboxylic acids is 1. The largest absolute Gasteiger partial charge is 0.368 e. The Morgan fingerprint density at radius 2 is 1.82 bits per heavy atom. The normalized spacial score (nSPS) is 21.6. The van der Waals surface area contributed by atoms with Crippen LogP contribution in [0.2, 0.25) is 0 Å². The molecule has 2 aliphatic heterocycles. The minimum atomic E-state index is -0.388. The molecule has 1 saturated carbocycles. The van der Waals surface area contributed by atoms with Crippen LogP contribution in [0, 0.1) is 13.8 Å². The molecule has 7 nitrogen and oxygen atoms in total. The molecule has 2 N–H and O–H groups in total. The van der Waals surface area contributed by atoms with Crippen molar-refractivity contribution in [3.63, 3.8) is 0 Å². The van der Waals surface area contributed by atoms with Crippen LogP contribution in [0.3, 0.4) is 0 Å². The van der Waals surface area contributed by atoms with E-state index in [2.05, 4.69) is 63.1 Å². The van der Waals surface area contributed by atoms with Crippen molar-refractivity contribution < 1.29 is 4.79 Å². The predicted octanol–water partition coefficient (Wildman–Crippen LogP) is 4.61. The highest BCUT2D eigenvalue weighted by atomic mass is 16.1. The lowest BCUT2D eigenvalue weighted by atomic mass is 9.94. The molecular formula is C31H34N6O. The fraction of sp³-hybridized carbons (Fsp3) is 0.387. The summed E-state index contributed by atoms with van der Waals surface area (Å²) >= 11 is 0. The molecule has 3 fully saturated rings. The molecule has 194 valence electrons. The molecule has 3 aliphatic rings. The average Bonchev–Trinajstić information content (AvgIpc) is 3.42. The number of aromatic nitrogens is 3. The molecule has 2 atom stereocenters. The number of hydrogen-bond donors (Lipinski definition) is 2. The topological polar surface area (TPSA) is 75.1 Å². The second kappa shape index (κ2) is 8.67. The zero-order valence-corrected chi connectivity index (χ0v) is 22.3. The van der Waals surface area contributed by atoms with E-state index in [1.165, 1.54) is 12.8 Å². The summed E-state index contributed by atoms with van der Waals surface area (Å²) < 4.78 is 1.82. The Morgan fingerprint density at radius 1 is 1.03 bits per heavy atom. The molecule has 2 bridgehead atoms. The van der Waals surface area contributed by atoms with E-state index >= 15 is 0 Å². The summed E-state index contributed by atoms with van der Waals surface area (Å²) in [5.74, 6) is -0.0000388. The Morgan fingerprint density at radius 3 is 2.53 bits per heavy atom. The van der Waals surface area contributed by atoms with Crippen LogP contribution in [-0.2, 0) is 12.6 Å². The highest BCUT2D eigenvalue weighted by molar-refractivity contribution is 5.98. The number of piperazine rings is 1. The van der Waals surface area contributed by atoms with Gasteiger partial charge in [0.2, 0.25) is 0 Å². The number of amides is 1. The van der Waals surface area contributed by atoms with Gasteiger partial charge in [-0.1, -0.05) is 12.1 Å². The molecule has 4 aromatic rings. The van der Waals surface area contributed by atoms with E-state index in [1.807, 2.05) is 38.0 Å². The summed E-state index contributed by atoms with van der Waals surface area (Å²) in [6, 6.07) is 16.0. The van der Waals surface area contributed by atoms with Gasteiger partial charge in [-0.25, -0.2) is 0 Å². The van der Waals surface area contributed by atoms with Crippen LogP contribution in [0.4, 0.5) is 5.69 Å².